The Kier molecular flexibility index (Phi) is 12.8. The van der Waals surface area contributed by atoms with Crippen molar-refractivity contribution in [1.82, 2.24) is 36.2 Å². The fourth-order valence-corrected chi connectivity index (χ4v) is 5.45. The average Bonchev–Trinajstić information content (AvgIpc) is 3.73. The van der Waals surface area contributed by atoms with Gasteiger partial charge in [-0.2, -0.15) is 0 Å². The molecule has 0 saturated heterocycles. The lowest BCUT2D eigenvalue weighted by atomic mass is 10.0. The number of aromatic nitrogens is 3. The molecule has 10 N–H and O–H groups in total. The minimum atomic E-state index is -1.11. The molecule has 2 aromatic heterocycles. The second-order valence-electron chi connectivity index (χ2n) is 11.7. The molecule has 0 aliphatic carbocycles. The van der Waals surface area contributed by atoms with Gasteiger partial charge in [0.15, 0.2) is 0 Å². The molecule has 0 bridgehead atoms. The van der Waals surface area contributed by atoms with Gasteiger partial charge < -0.3 is 42.7 Å². The molecule has 2 aromatic carbocycles. The van der Waals surface area contributed by atoms with E-state index in [2.05, 4.69) is 36.2 Å². The van der Waals surface area contributed by atoms with Crippen LogP contribution in [0.3, 0.4) is 0 Å². The first-order chi connectivity index (χ1) is 23.1. The number of carbonyl (C=O) groups is 5. The number of para-hydroxylation sites is 1. The van der Waals surface area contributed by atoms with Gasteiger partial charge in [-0.25, -0.2) is 4.98 Å². The highest BCUT2D eigenvalue weighted by Gasteiger charge is 2.31. The van der Waals surface area contributed by atoms with Crippen molar-refractivity contribution in [3.8, 4) is 0 Å². The number of nitrogens with zero attached hydrogens (tertiary/aromatic N) is 1. The number of fused-ring (bicyclic) bond motifs is 1. The van der Waals surface area contributed by atoms with Crippen LogP contribution in [-0.2, 0) is 43.2 Å². The van der Waals surface area contributed by atoms with E-state index in [-0.39, 0.29) is 25.7 Å². The normalized spacial score (nSPS) is 13.5. The molecule has 5 amide bonds. The third-order valence-corrected chi connectivity index (χ3v) is 7.93. The maximum atomic E-state index is 13.9. The van der Waals surface area contributed by atoms with Gasteiger partial charge in [0.05, 0.1) is 6.33 Å². The number of hydrogen-bond donors (Lipinski definition) is 8. The van der Waals surface area contributed by atoms with Gasteiger partial charge in [-0.05, 0) is 43.0 Å². The van der Waals surface area contributed by atoms with Gasteiger partial charge >= 0.3 is 0 Å². The zero-order valence-corrected chi connectivity index (χ0v) is 26.8. The molecule has 0 radical (unpaired) electrons. The zero-order chi connectivity index (χ0) is 34.5. The first-order valence-corrected chi connectivity index (χ1v) is 15.9. The molecule has 0 aliphatic heterocycles. The number of rotatable bonds is 18. The summed E-state index contributed by atoms with van der Waals surface area (Å²) in [4.78, 5) is 75.6. The average molecular weight is 658 g/mol. The molecule has 48 heavy (non-hydrogen) atoms. The van der Waals surface area contributed by atoms with Crippen molar-refractivity contribution in [3.05, 3.63) is 90.1 Å². The van der Waals surface area contributed by atoms with E-state index in [9.17, 15) is 24.0 Å². The van der Waals surface area contributed by atoms with Crippen LogP contribution in [0.2, 0.25) is 0 Å². The highest BCUT2D eigenvalue weighted by atomic mass is 16.2. The SMILES string of the molecule is CC(=O)N[C@@H](Cc1cnc[nH]1)C(=O)N[C@H](Cc1ccccc1)C(=O)N[C@@H](CCCCN)C(=O)N[C@H](Cc1c[nH]c2ccccc12)C(N)=O. The number of imidazole rings is 1. The maximum absolute atomic E-state index is 13.9. The summed E-state index contributed by atoms with van der Waals surface area (Å²) in [5.41, 5.74) is 14.5. The number of unbranched alkanes of at least 4 members (excludes halogenated alkanes) is 1. The van der Waals surface area contributed by atoms with Gasteiger partial charge in [0.25, 0.3) is 0 Å². The highest BCUT2D eigenvalue weighted by molar-refractivity contribution is 5.95. The number of aromatic amines is 2. The van der Waals surface area contributed by atoms with Crippen molar-refractivity contribution in [2.75, 3.05) is 6.54 Å². The van der Waals surface area contributed by atoms with Crippen LogP contribution in [-0.4, -0.2) is 75.2 Å². The molecule has 0 spiro atoms. The molecule has 0 fully saturated rings. The quantitative estimate of drug-likeness (QED) is 0.0706. The molecule has 2 heterocycles. The third kappa shape index (κ3) is 10.3. The Morgan fingerprint density at radius 1 is 0.750 bits per heavy atom. The van der Waals surface area contributed by atoms with Gasteiger partial charge in [0.1, 0.15) is 24.2 Å². The standard InChI is InChI=1S/C34H43N9O5/c1-21(44)40-30(17-24-19-37-20-39-24)34(48)43-29(15-22-9-3-2-4-10-22)33(47)41-27(13-7-8-14-35)32(46)42-28(31(36)45)16-23-18-38-26-12-6-5-11-25(23)26/h2-6,9-12,18-20,27-30,38H,7-8,13-17,35H2,1H3,(H2,36,45)(H,37,39)(H,40,44)(H,41,47)(H,42,46)(H,43,48)/t27-,28+,29+,30-/m0/s1. The Balaban J connectivity index is 1.53. The number of amides is 5. The largest absolute Gasteiger partial charge is 0.368 e. The van der Waals surface area contributed by atoms with Crippen LogP contribution in [0.1, 0.15) is 43.0 Å². The Bertz CT molecular complexity index is 1670. The smallest absolute Gasteiger partial charge is 0.243 e. The molecule has 0 unspecified atom stereocenters. The maximum Gasteiger partial charge on any atom is 0.243 e. The Morgan fingerprint density at radius 3 is 2.06 bits per heavy atom. The second-order valence-corrected chi connectivity index (χ2v) is 11.7. The van der Waals surface area contributed by atoms with Crippen LogP contribution >= 0.6 is 0 Å². The summed E-state index contributed by atoms with van der Waals surface area (Å²) in [6, 6.07) is 12.4. The van der Waals surface area contributed by atoms with Crippen LogP contribution in [0.15, 0.2) is 73.3 Å². The number of benzene rings is 2. The first-order valence-electron chi connectivity index (χ1n) is 15.9. The van der Waals surface area contributed by atoms with Crippen molar-refractivity contribution in [1.29, 1.82) is 0 Å². The molecular formula is C34H43N9O5. The van der Waals surface area contributed by atoms with Crippen LogP contribution in [0.5, 0.6) is 0 Å². The number of nitrogens with one attached hydrogen (secondary N) is 6. The van der Waals surface area contributed by atoms with Crippen LogP contribution in [0, 0.1) is 0 Å². The summed E-state index contributed by atoms with van der Waals surface area (Å²) in [7, 11) is 0. The molecule has 4 aromatic rings. The molecule has 14 nitrogen and oxygen atoms in total. The summed E-state index contributed by atoms with van der Waals surface area (Å²) in [5, 5.41) is 11.8. The van der Waals surface area contributed by atoms with Crippen LogP contribution in [0.25, 0.3) is 10.9 Å². The fraction of sp³-hybridized carbons (Fsp3) is 0.353. The minimum Gasteiger partial charge on any atom is -0.368 e. The molecule has 4 rings (SSSR count). The lowest BCUT2D eigenvalue weighted by molar-refractivity contribution is -0.134. The van der Waals surface area contributed by atoms with E-state index in [1.807, 2.05) is 54.6 Å². The van der Waals surface area contributed by atoms with E-state index in [0.717, 1.165) is 22.0 Å². The minimum absolute atomic E-state index is 0.108. The predicted octanol–water partition coefficient (Wildman–Crippen LogP) is 0.492. The monoisotopic (exact) mass is 657 g/mol. The van der Waals surface area contributed by atoms with Crippen LogP contribution in [0.4, 0.5) is 0 Å². The molecule has 0 aliphatic rings. The van der Waals surface area contributed by atoms with E-state index in [0.29, 0.717) is 25.1 Å². The number of carbonyl (C=O) groups excluding carboxylic acids is 5. The first kappa shape index (κ1) is 35.4. The topological polar surface area (TPSA) is 230 Å². The van der Waals surface area contributed by atoms with Gasteiger partial charge in [0, 0.05) is 55.2 Å². The van der Waals surface area contributed by atoms with Crippen molar-refractivity contribution in [2.24, 2.45) is 11.5 Å². The lowest BCUT2D eigenvalue weighted by Crippen LogP contribution is -2.59. The molecular weight excluding hydrogens is 614 g/mol. The molecule has 14 heteroatoms. The number of hydrogen-bond acceptors (Lipinski definition) is 7. The van der Waals surface area contributed by atoms with Gasteiger partial charge in [-0.1, -0.05) is 48.5 Å². The predicted molar refractivity (Wildman–Crippen MR) is 180 cm³/mol. The van der Waals surface area contributed by atoms with Gasteiger partial charge in [0.2, 0.25) is 29.5 Å². The number of H-pyrrole nitrogens is 2. The van der Waals surface area contributed by atoms with Gasteiger partial charge in [-0.15, -0.1) is 0 Å². The molecule has 254 valence electrons. The fourth-order valence-electron chi connectivity index (χ4n) is 5.45. The van der Waals surface area contributed by atoms with E-state index >= 15 is 0 Å². The number of primary amides is 1. The van der Waals surface area contributed by atoms with Crippen molar-refractivity contribution in [2.45, 2.75) is 69.6 Å². The summed E-state index contributed by atoms with van der Waals surface area (Å²) >= 11 is 0. The molecule has 4 atom stereocenters. The van der Waals surface area contributed by atoms with E-state index in [4.69, 9.17) is 11.5 Å². The van der Waals surface area contributed by atoms with E-state index in [1.54, 1.807) is 12.4 Å². The lowest BCUT2D eigenvalue weighted by Gasteiger charge is -2.26. The van der Waals surface area contributed by atoms with Crippen molar-refractivity contribution in [3.63, 3.8) is 0 Å². The summed E-state index contributed by atoms with van der Waals surface area (Å²) in [5.74, 6) is -2.95. The summed E-state index contributed by atoms with van der Waals surface area (Å²) in [6.45, 7) is 1.68. The van der Waals surface area contributed by atoms with Gasteiger partial charge in [-0.3, -0.25) is 24.0 Å². The zero-order valence-electron chi connectivity index (χ0n) is 26.8. The summed E-state index contributed by atoms with van der Waals surface area (Å²) < 4.78 is 0. The van der Waals surface area contributed by atoms with Crippen molar-refractivity contribution >= 4 is 40.4 Å². The van der Waals surface area contributed by atoms with E-state index < -0.39 is 53.7 Å². The summed E-state index contributed by atoms with van der Waals surface area (Å²) in [6.07, 6.45) is 6.48. The second kappa shape index (κ2) is 17.4. The molecule has 0 saturated carbocycles. The van der Waals surface area contributed by atoms with E-state index in [1.165, 1.54) is 13.3 Å². The Hall–Kier alpha value is -5.50. The number of nitrogens with two attached hydrogens (primary N) is 2. The van der Waals surface area contributed by atoms with Crippen LogP contribution < -0.4 is 32.7 Å². The highest BCUT2D eigenvalue weighted by Crippen LogP contribution is 2.19. The third-order valence-electron chi connectivity index (χ3n) is 7.93. The van der Waals surface area contributed by atoms with Crippen molar-refractivity contribution < 1.29 is 24.0 Å². The Morgan fingerprint density at radius 2 is 1.40 bits per heavy atom. The Labute approximate surface area is 278 Å².